The fourth-order valence-electron chi connectivity index (χ4n) is 1.12. The summed E-state index contributed by atoms with van der Waals surface area (Å²) < 4.78 is 6.51. The second-order valence-electron chi connectivity index (χ2n) is 2.94. The smallest absolute Gasteiger partial charge is 0.174 e. The van der Waals surface area contributed by atoms with Crippen molar-refractivity contribution in [3.05, 3.63) is 29.8 Å². The van der Waals surface area contributed by atoms with Gasteiger partial charge in [0.2, 0.25) is 0 Å². The molecule has 2 N–H and O–H groups in total. The largest absolute Gasteiger partial charge is 0.491 e. The number of aromatic nitrogens is 2. The lowest BCUT2D eigenvalue weighted by atomic mass is 10.3. The van der Waals surface area contributed by atoms with Gasteiger partial charge < -0.3 is 10.5 Å². The Labute approximate surface area is 102 Å². The first-order chi connectivity index (χ1) is 7.86. The molecule has 0 aliphatic heterocycles. The standard InChI is InChI=1S/C10H11N3OS2/c11-8-3-1-2-4-9(8)14-5-6-15-10-13-12-7-16-10/h1-4,7H,5-6,11H2. The fourth-order valence-corrected chi connectivity index (χ4v) is 2.49. The zero-order chi connectivity index (χ0) is 11.2. The van der Waals surface area contributed by atoms with E-state index in [0.29, 0.717) is 12.3 Å². The minimum Gasteiger partial charge on any atom is -0.491 e. The van der Waals surface area contributed by atoms with Crippen molar-refractivity contribution in [2.45, 2.75) is 4.34 Å². The van der Waals surface area contributed by atoms with Crippen molar-refractivity contribution >= 4 is 28.8 Å². The molecule has 0 amide bonds. The minimum absolute atomic E-state index is 0.610. The number of hydrogen-bond acceptors (Lipinski definition) is 6. The first kappa shape index (κ1) is 11.2. The molecule has 84 valence electrons. The van der Waals surface area contributed by atoms with Crippen molar-refractivity contribution in [3.8, 4) is 5.75 Å². The highest BCUT2D eigenvalue weighted by molar-refractivity contribution is 8.01. The predicted molar refractivity (Wildman–Crippen MR) is 67.0 cm³/mol. The fraction of sp³-hybridized carbons (Fsp3) is 0.200. The normalized spacial score (nSPS) is 10.2. The summed E-state index contributed by atoms with van der Waals surface area (Å²) in [5, 5.41) is 7.69. The van der Waals surface area contributed by atoms with Gasteiger partial charge in [-0.2, -0.15) is 0 Å². The van der Waals surface area contributed by atoms with Gasteiger partial charge in [0, 0.05) is 5.75 Å². The molecule has 0 spiro atoms. The van der Waals surface area contributed by atoms with Crippen LogP contribution in [0.4, 0.5) is 5.69 Å². The van der Waals surface area contributed by atoms with Crippen molar-refractivity contribution in [1.82, 2.24) is 10.2 Å². The van der Waals surface area contributed by atoms with E-state index in [1.807, 2.05) is 24.3 Å². The molecule has 4 nitrogen and oxygen atoms in total. The molecule has 6 heteroatoms. The van der Waals surface area contributed by atoms with Crippen LogP contribution in [0.1, 0.15) is 0 Å². The zero-order valence-corrected chi connectivity index (χ0v) is 10.1. The third-order valence-corrected chi connectivity index (χ3v) is 3.65. The molecular formula is C10H11N3OS2. The van der Waals surface area contributed by atoms with E-state index < -0.39 is 0 Å². The molecule has 2 rings (SSSR count). The molecule has 0 fully saturated rings. The number of nitrogens with zero attached hydrogens (tertiary/aromatic N) is 2. The summed E-state index contributed by atoms with van der Waals surface area (Å²) in [5.41, 5.74) is 8.14. The van der Waals surface area contributed by atoms with Crippen molar-refractivity contribution in [2.24, 2.45) is 0 Å². The molecule has 0 aliphatic rings. The Morgan fingerprint density at radius 2 is 2.25 bits per heavy atom. The molecule has 0 bridgehead atoms. The highest BCUT2D eigenvalue weighted by Gasteiger charge is 2.00. The van der Waals surface area contributed by atoms with Gasteiger partial charge >= 0.3 is 0 Å². The second-order valence-corrected chi connectivity index (χ2v) is 5.11. The van der Waals surface area contributed by atoms with E-state index in [9.17, 15) is 0 Å². The van der Waals surface area contributed by atoms with E-state index in [0.717, 1.165) is 15.8 Å². The number of nitrogens with two attached hydrogens (primary N) is 1. The summed E-state index contributed by atoms with van der Waals surface area (Å²) in [6.07, 6.45) is 0. The Morgan fingerprint density at radius 3 is 3.00 bits per heavy atom. The topological polar surface area (TPSA) is 61.0 Å². The van der Waals surface area contributed by atoms with Gasteiger partial charge in [0.15, 0.2) is 4.34 Å². The lowest BCUT2D eigenvalue weighted by Gasteiger charge is -2.07. The van der Waals surface area contributed by atoms with E-state index in [4.69, 9.17) is 10.5 Å². The number of hydrogen-bond donors (Lipinski definition) is 1. The Bertz CT molecular complexity index is 433. The van der Waals surface area contributed by atoms with Crippen LogP contribution in [0.25, 0.3) is 0 Å². The third-order valence-electron chi connectivity index (χ3n) is 1.83. The number of anilines is 1. The Balaban J connectivity index is 1.74. The van der Waals surface area contributed by atoms with Crippen LogP contribution in [0, 0.1) is 0 Å². The van der Waals surface area contributed by atoms with Crippen molar-refractivity contribution < 1.29 is 4.74 Å². The van der Waals surface area contributed by atoms with E-state index in [-0.39, 0.29) is 0 Å². The average Bonchev–Trinajstić information content (AvgIpc) is 2.79. The number of rotatable bonds is 5. The van der Waals surface area contributed by atoms with Gasteiger partial charge in [-0.3, -0.25) is 0 Å². The summed E-state index contributed by atoms with van der Waals surface area (Å²) in [5.74, 6) is 1.57. The van der Waals surface area contributed by atoms with Crippen LogP contribution in [0.15, 0.2) is 34.1 Å². The van der Waals surface area contributed by atoms with Gasteiger partial charge in [-0.15, -0.1) is 10.2 Å². The molecule has 0 aliphatic carbocycles. The predicted octanol–water partition coefficient (Wildman–Crippen LogP) is 2.29. The Kier molecular flexibility index (Phi) is 4.01. The van der Waals surface area contributed by atoms with Crippen LogP contribution >= 0.6 is 23.1 Å². The van der Waals surface area contributed by atoms with Crippen molar-refractivity contribution in [1.29, 1.82) is 0 Å². The first-order valence-electron chi connectivity index (χ1n) is 4.72. The molecule has 0 saturated carbocycles. The third kappa shape index (κ3) is 3.11. The Hall–Kier alpha value is -1.27. The van der Waals surface area contributed by atoms with Gasteiger partial charge in [0.25, 0.3) is 0 Å². The number of nitrogen functional groups attached to an aromatic ring is 1. The molecule has 16 heavy (non-hydrogen) atoms. The van der Waals surface area contributed by atoms with Crippen LogP contribution in [-0.4, -0.2) is 22.6 Å². The van der Waals surface area contributed by atoms with Gasteiger partial charge in [-0.1, -0.05) is 35.2 Å². The van der Waals surface area contributed by atoms with Crippen molar-refractivity contribution in [3.63, 3.8) is 0 Å². The molecular weight excluding hydrogens is 242 g/mol. The van der Waals surface area contributed by atoms with Gasteiger partial charge in [0.05, 0.1) is 12.3 Å². The summed E-state index contributed by atoms with van der Waals surface area (Å²) in [7, 11) is 0. The molecule has 0 unspecified atom stereocenters. The van der Waals surface area contributed by atoms with E-state index in [1.165, 1.54) is 11.3 Å². The lowest BCUT2D eigenvalue weighted by molar-refractivity contribution is 0.346. The highest BCUT2D eigenvalue weighted by atomic mass is 32.2. The van der Waals surface area contributed by atoms with Crippen LogP contribution in [0.3, 0.4) is 0 Å². The van der Waals surface area contributed by atoms with E-state index in [2.05, 4.69) is 10.2 Å². The van der Waals surface area contributed by atoms with Gasteiger partial charge in [0.1, 0.15) is 11.3 Å². The number of benzene rings is 1. The quantitative estimate of drug-likeness (QED) is 0.503. The van der Waals surface area contributed by atoms with Gasteiger partial charge in [-0.05, 0) is 12.1 Å². The first-order valence-corrected chi connectivity index (χ1v) is 6.59. The molecule has 1 aromatic heterocycles. The van der Waals surface area contributed by atoms with Crippen LogP contribution in [-0.2, 0) is 0 Å². The van der Waals surface area contributed by atoms with Crippen molar-refractivity contribution in [2.75, 3.05) is 18.1 Å². The van der Waals surface area contributed by atoms with Crippen LogP contribution in [0.5, 0.6) is 5.75 Å². The van der Waals surface area contributed by atoms with Gasteiger partial charge in [-0.25, -0.2) is 0 Å². The molecule has 0 atom stereocenters. The molecule has 1 heterocycles. The zero-order valence-electron chi connectivity index (χ0n) is 8.50. The summed E-state index contributed by atoms with van der Waals surface area (Å²) >= 11 is 3.16. The van der Waals surface area contributed by atoms with E-state index in [1.54, 1.807) is 17.3 Å². The summed E-state index contributed by atoms with van der Waals surface area (Å²) in [6, 6.07) is 7.49. The number of thioether (sulfide) groups is 1. The second kappa shape index (κ2) is 5.72. The molecule has 0 saturated heterocycles. The average molecular weight is 253 g/mol. The Morgan fingerprint density at radius 1 is 1.38 bits per heavy atom. The maximum Gasteiger partial charge on any atom is 0.174 e. The molecule has 2 aromatic rings. The maximum atomic E-state index is 5.75. The SMILES string of the molecule is Nc1ccccc1OCCSc1nncs1. The number of ether oxygens (including phenoxy) is 1. The molecule has 1 aromatic carbocycles. The highest BCUT2D eigenvalue weighted by Crippen LogP contribution is 2.22. The summed E-state index contributed by atoms with van der Waals surface area (Å²) in [6.45, 7) is 0.610. The van der Waals surface area contributed by atoms with Crippen LogP contribution in [0.2, 0.25) is 0 Å². The monoisotopic (exact) mass is 253 g/mol. The van der Waals surface area contributed by atoms with E-state index >= 15 is 0 Å². The maximum absolute atomic E-state index is 5.75. The van der Waals surface area contributed by atoms with Crippen LogP contribution < -0.4 is 10.5 Å². The minimum atomic E-state index is 0.610. The lowest BCUT2D eigenvalue weighted by Crippen LogP contribution is -2.02. The number of para-hydroxylation sites is 2. The molecule has 0 radical (unpaired) electrons. The summed E-state index contributed by atoms with van der Waals surface area (Å²) in [4.78, 5) is 0.